The molecule has 0 bridgehead atoms. The van der Waals surface area contributed by atoms with Crippen LogP contribution >= 0.6 is 11.3 Å². The summed E-state index contributed by atoms with van der Waals surface area (Å²) in [6.07, 6.45) is 5.08. The predicted molar refractivity (Wildman–Crippen MR) is 72.7 cm³/mol. The first-order chi connectivity index (χ1) is 8.63. The number of thiophene rings is 1. The van der Waals surface area contributed by atoms with Crippen LogP contribution in [0.15, 0.2) is 6.07 Å². The van der Waals surface area contributed by atoms with Crippen LogP contribution in [-0.2, 0) is 12.8 Å². The van der Waals surface area contributed by atoms with Gasteiger partial charge in [-0.15, -0.1) is 11.3 Å². The van der Waals surface area contributed by atoms with Crippen LogP contribution in [0.3, 0.4) is 0 Å². The van der Waals surface area contributed by atoms with Gasteiger partial charge in [0.1, 0.15) is 0 Å². The molecule has 0 radical (unpaired) electrons. The van der Waals surface area contributed by atoms with Gasteiger partial charge in [-0.1, -0.05) is 0 Å². The summed E-state index contributed by atoms with van der Waals surface area (Å²) in [5.74, 6) is 0.0529. The standard InChI is InChI=1S/C14H18N2OS/c1-10(7-8-15)16(2)14(17)13-9-11-5-3-4-6-12(11)18-13/h9-10H,3-7H2,1-2H3. The van der Waals surface area contributed by atoms with E-state index < -0.39 is 0 Å². The molecule has 1 unspecified atom stereocenters. The third-order valence-corrected chi connectivity index (χ3v) is 4.80. The fourth-order valence-electron chi connectivity index (χ4n) is 2.24. The number of nitrogens with zero attached hydrogens (tertiary/aromatic N) is 2. The molecule has 1 heterocycles. The highest BCUT2D eigenvalue weighted by molar-refractivity contribution is 7.14. The van der Waals surface area contributed by atoms with Crippen molar-refractivity contribution in [1.82, 2.24) is 4.90 Å². The Morgan fingerprint density at radius 3 is 2.94 bits per heavy atom. The van der Waals surface area contributed by atoms with Crippen molar-refractivity contribution >= 4 is 17.2 Å². The van der Waals surface area contributed by atoms with E-state index >= 15 is 0 Å². The maximum atomic E-state index is 12.3. The Labute approximate surface area is 112 Å². The first-order valence-electron chi connectivity index (χ1n) is 6.39. The highest BCUT2D eigenvalue weighted by atomic mass is 32.1. The van der Waals surface area contributed by atoms with Gasteiger partial charge in [0, 0.05) is 18.0 Å². The molecular weight excluding hydrogens is 244 g/mol. The fraction of sp³-hybridized carbons (Fsp3) is 0.571. The van der Waals surface area contributed by atoms with Crippen LogP contribution in [0.25, 0.3) is 0 Å². The van der Waals surface area contributed by atoms with Crippen molar-refractivity contribution in [2.75, 3.05) is 7.05 Å². The zero-order chi connectivity index (χ0) is 13.1. The number of hydrogen-bond donors (Lipinski definition) is 0. The summed E-state index contributed by atoms with van der Waals surface area (Å²) in [6.45, 7) is 1.91. The second-order valence-corrected chi connectivity index (χ2v) is 6.03. The third-order valence-electron chi connectivity index (χ3n) is 3.58. The molecule has 1 amide bonds. The Kier molecular flexibility index (Phi) is 4.03. The van der Waals surface area contributed by atoms with Crippen LogP contribution in [0.4, 0.5) is 0 Å². The number of nitriles is 1. The largest absolute Gasteiger partial charge is 0.337 e. The van der Waals surface area contributed by atoms with Crippen LogP contribution in [0, 0.1) is 11.3 Å². The molecule has 1 aliphatic rings. The molecule has 0 aromatic carbocycles. The lowest BCUT2D eigenvalue weighted by Gasteiger charge is -2.22. The van der Waals surface area contributed by atoms with Gasteiger partial charge in [0.2, 0.25) is 0 Å². The molecule has 0 spiro atoms. The van der Waals surface area contributed by atoms with Crippen molar-refractivity contribution < 1.29 is 4.79 Å². The van der Waals surface area contributed by atoms with Gasteiger partial charge in [0.15, 0.2) is 0 Å². The lowest BCUT2D eigenvalue weighted by atomic mass is 9.99. The van der Waals surface area contributed by atoms with Crippen molar-refractivity contribution in [3.63, 3.8) is 0 Å². The minimum Gasteiger partial charge on any atom is -0.337 e. The quantitative estimate of drug-likeness (QED) is 0.840. The van der Waals surface area contributed by atoms with Gasteiger partial charge in [0.25, 0.3) is 5.91 Å². The summed E-state index contributed by atoms with van der Waals surface area (Å²) < 4.78 is 0. The van der Waals surface area contributed by atoms with E-state index in [9.17, 15) is 4.79 Å². The van der Waals surface area contributed by atoms with E-state index in [-0.39, 0.29) is 11.9 Å². The van der Waals surface area contributed by atoms with E-state index in [1.54, 1.807) is 23.3 Å². The Balaban J connectivity index is 2.14. The van der Waals surface area contributed by atoms with Crippen LogP contribution in [-0.4, -0.2) is 23.9 Å². The molecule has 0 aliphatic heterocycles. The van der Waals surface area contributed by atoms with Gasteiger partial charge in [-0.25, -0.2) is 0 Å². The summed E-state index contributed by atoms with van der Waals surface area (Å²) in [4.78, 5) is 16.2. The minimum absolute atomic E-state index is 0.0263. The summed E-state index contributed by atoms with van der Waals surface area (Å²) >= 11 is 1.63. The van der Waals surface area contributed by atoms with Crippen LogP contribution < -0.4 is 0 Å². The van der Waals surface area contributed by atoms with Gasteiger partial charge in [-0.2, -0.15) is 5.26 Å². The maximum absolute atomic E-state index is 12.3. The smallest absolute Gasteiger partial charge is 0.263 e. The Morgan fingerprint density at radius 1 is 1.56 bits per heavy atom. The number of carbonyl (C=O) groups is 1. The van der Waals surface area contributed by atoms with Crippen molar-refractivity contribution in [2.45, 2.75) is 45.1 Å². The van der Waals surface area contributed by atoms with E-state index in [1.807, 2.05) is 6.92 Å². The minimum atomic E-state index is -0.0263. The van der Waals surface area contributed by atoms with E-state index in [1.165, 1.54) is 23.3 Å². The first-order valence-corrected chi connectivity index (χ1v) is 7.21. The van der Waals surface area contributed by atoms with E-state index in [0.717, 1.165) is 17.7 Å². The van der Waals surface area contributed by atoms with Gasteiger partial charge < -0.3 is 4.90 Å². The lowest BCUT2D eigenvalue weighted by molar-refractivity contribution is 0.0751. The molecule has 3 nitrogen and oxygen atoms in total. The van der Waals surface area contributed by atoms with Crippen molar-refractivity contribution in [2.24, 2.45) is 0 Å². The van der Waals surface area contributed by atoms with E-state index in [0.29, 0.717) is 6.42 Å². The lowest BCUT2D eigenvalue weighted by Crippen LogP contribution is -2.34. The molecule has 96 valence electrons. The SMILES string of the molecule is CC(CC#N)N(C)C(=O)c1cc2c(s1)CCCC2. The average molecular weight is 262 g/mol. The zero-order valence-electron chi connectivity index (χ0n) is 10.9. The molecule has 18 heavy (non-hydrogen) atoms. The zero-order valence-corrected chi connectivity index (χ0v) is 11.7. The predicted octanol–water partition coefficient (Wildman–Crippen LogP) is 3.00. The Hall–Kier alpha value is -1.34. The molecule has 0 saturated carbocycles. The van der Waals surface area contributed by atoms with Crippen molar-refractivity contribution in [1.29, 1.82) is 5.26 Å². The molecule has 2 rings (SSSR count). The van der Waals surface area contributed by atoms with Crippen LogP contribution in [0.2, 0.25) is 0 Å². The molecule has 0 fully saturated rings. The Morgan fingerprint density at radius 2 is 2.28 bits per heavy atom. The summed E-state index contributed by atoms with van der Waals surface area (Å²) in [5, 5.41) is 8.69. The second-order valence-electron chi connectivity index (χ2n) is 4.89. The fourth-order valence-corrected chi connectivity index (χ4v) is 3.48. The number of aryl methyl sites for hydroxylation is 2. The topological polar surface area (TPSA) is 44.1 Å². The first kappa shape index (κ1) is 13.1. The molecule has 1 atom stereocenters. The number of hydrogen-bond acceptors (Lipinski definition) is 3. The van der Waals surface area contributed by atoms with Gasteiger partial charge >= 0.3 is 0 Å². The second kappa shape index (κ2) is 5.53. The van der Waals surface area contributed by atoms with Gasteiger partial charge in [-0.05, 0) is 44.2 Å². The molecule has 1 aromatic rings. The van der Waals surface area contributed by atoms with E-state index in [4.69, 9.17) is 5.26 Å². The van der Waals surface area contributed by atoms with Crippen LogP contribution in [0.5, 0.6) is 0 Å². The number of fused-ring (bicyclic) bond motifs is 1. The van der Waals surface area contributed by atoms with E-state index in [2.05, 4.69) is 12.1 Å². The van der Waals surface area contributed by atoms with Crippen molar-refractivity contribution in [3.05, 3.63) is 21.4 Å². The average Bonchev–Trinajstić information content (AvgIpc) is 2.81. The maximum Gasteiger partial charge on any atom is 0.263 e. The number of amides is 1. The molecule has 1 aliphatic carbocycles. The molecular formula is C14H18N2OS. The third kappa shape index (κ3) is 2.56. The highest BCUT2D eigenvalue weighted by Crippen LogP contribution is 2.30. The van der Waals surface area contributed by atoms with Gasteiger partial charge in [0.05, 0.1) is 17.4 Å². The Bertz CT molecular complexity index is 463. The monoisotopic (exact) mass is 262 g/mol. The molecule has 0 saturated heterocycles. The number of carbonyl (C=O) groups excluding carboxylic acids is 1. The van der Waals surface area contributed by atoms with Gasteiger partial charge in [-0.3, -0.25) is 4.79 Å². The molecule has 4 heteroatoms. The van der Waals surface area contributed by atoms with Crippen LogP contribution in [0.1, 0.15) is 46.3 Å². The van der Waals surface area contributed by atoms with Crippen molar-refractivity contribution in [3.8, 4) is 6.07 Å². The summed E-state index contributed by atoms with van der Waals surface area (Å²) in [7, 11) is 1.78. The summed E-state index contributed by atoms with van der Waals surface area (Å²) in [5.41, 5.74) is 1.36. The molecule has 0 N–H and O–H groups in total. The number of rotatable bonds is 3. The normalized spacial score (nSPS) is 15.6. The summed E-state index contributed by atoms with van der Waals surface area (Å²) in [6, 6.07) is 4.14. The molecule has 1 aromatic heterocycles. The highest BCUT2D eigenvalue weighted by Gasteiger charge is 2.22.